The van der Waals surface area contributed by atoms with E-state index < -0.39 is 0 Å². The number of anilines is 1. The number of fused-ring (bicyclic) bond motifs is 1. The highest BCUT2D eigenvalue weighted by atomic mass is 16.5. The second-order valence-corrected chi connectivity index (χ2v) is 8.56. The summed E-state index contributed by atoms with van der Waals surface area (Å²) in [6, 6.07) is 20.8. The Balaban J connectivity index is 1.66. The fraction of sp³-hybridized carbons (Fsp3) is 0.259. The maximum Gasteiger partial charge on any atom is 0.282 e. The summed E-state index contributed by atoms with van der Waals surface area (Å²) in [6.45, 7) is 5.06. The summed E-state index contributed by atoms with van der Waals surface area (Å²) in [5.74, 6) is 0.0731. The second-order valence-electron chi connectivity index (χ2n) is 8.56. The largest absolute Gasteiger partial charge is 0.497 e. The molecule has 0 aromatic heterocycles. The third kappa shape index (κ3) is 3.66. The van der Waals surface area contributed by atoms with Gasteiger partial charge in [0, 0.05) is 18.5 Å². The SMILES string of the molecule is COc1ccc(C2=C(N3CC(C)OC(C)C3)C(=O)N(c3cccc4ccccc34)C2=O)cc1. The number of methoxy groups -OCH3 is 1. The van der Waals surface area contributed by atoms with E-state index in [9.17, 15) is 9.59 Å². The number of ether oxygens (including phenoxy) is 2. The molecule has 2 atom stereocenters. The lowest BCUT2D eigenvalue weighted by atomic mass is 10.0. The zero-order valence-electron chi connectivity index (χ0n) is 18.9. The fourth-order valence-corrected chi connectivity index (χ4v) is 4.81. The molecule has 1 saturated heterocycles. The maximum atomic E-state index is 13.9. The van der Waals surface area contributed by atoms with Crippen molar-refractivity contribution in [1.82, 2.24) is 4.90 Å². The monoisotopic (exact) mass is 442 g/mol. The number of imide groups is 1. The molecule has 3 aromatic carbocycles. The van der Waals surface area contributed by atoms with E-state index in [1.807, 2.05) is 85.5 Å². The van der Waals surface area contributed by atoms with Gasteiger partial charge in [-0.3, -0.25) is 9.59 Å². The molecule has 0 saturated carbocycles. The maximum absolute atomic E-state index is 13.9. The van der Waals surface area contributed by atoms with Gasteiger partial charge >= 0.3 is 0 Å². The number of morpholine rings is 1. The Morgan fingerprint density at radius 2 is 1.52 bits per heavy atom. The molecule has 1 fully saturated rings. The van der Waals surface area contributed by atoms with Crippen LogP contribution < -0.4 is 9.64 Å². The second kappa shape index (κ2) is 8.37. The van der Waals surface area contributed by atoms with Gasteiger partial charge in [-0.25, -0.2) is 4.90 Å². The van der Waals surface area contributed by atoms with Crippen LogP contribution in [0.2, 0.25) is 0 Å². The predicted octanol–water partition coefficient (Wildman–Crippen LogP) is 4.24. The Labute approximate surface area is 193 Å². The number of nitrogens with zero attached hydrogens (tertiary/aromatic N) is 2. The van der Waals surface area contributed by atoms with Crippen LogP contribution in [0.1, 0.15) is 19.4 Å². The minimum Gasteiger partial charge on any atom is -0.497 e. The first kappa shape index (κ1) is 21.2. The minimum atomic E-state index is -0.316. The van der Waals surface area contributed by atoms with Gasteiger partial charge < -0.3 is 14.4 Å². The van der Waals surface area contributed by atoms with E-state index in [1.54, 1.807) is 7.11 Å². The lowest BCUT2D eigenvalue weighted by Crippen LogP contribution is -2.47. The van der Waals surface area contributed by atoms with Crippen LogP contribution in [0.4, 0.5) is 5.69 Å². The molecule has 0 radical (unpaired) electrons. The van der Waals surface area contributed by atoms with Gasteiger partial charge in [0.2, 0.25) is 0 Å². The summed E-state index contributed by atoms with van der Waals surface area (Å²) in [5.41, 5.74) is 2.13. The summed E-state index contributed by atoms with van der Waals surface area (Å²) < 4.78 is 11.2. The van der Waals surface area contributed by atoms with Gasteiger partial charge in [-0.05, 0) is 43.0 Å². The van der Waals surface area contributed by atoms with Crippen LogP contribution in [0, 0.1) is 0 Å². The number of carbonyl (C=O) groups excluding carboxylic acids is 2. The summed E-state index contributed by atoms with van der Waals surface area (Å²) in [7, 11) is 1.60. The number of rotatable bonds is 4. The summed E-state index contributed by atoms with van der Waals surface area (Å²) in [5, 5.41) is 1.84. The molecular weight excluding hydrogens is 416 g/mol. The molecule has 33 heavy (non-hydrogen) atoms. The van der Waals surface area contributed by atoms with E-state index in [4.69, 9.17) is 9.47 Å². The van der Waals surface area contributed by atoms with E-state index in [0.29, 0.717) is 41.4 Å². The molecule has 2 unspecified atom stereocenters. The quantitative estimate of drug-likeness (QED) is 0.566. The molecule has 3 aromatic rings. The highest BCUT2D eigenvalue weighted by Gasteiger charge is 2.44. The number of hydrogen-bond acceptors (Lipinski definition) is 5. The Morgan fingerprint density at radius 1 is 0.848 bits per heavy atom. The van der Waals surface area contributed by atoms with Crippen LogP contribution in [0.25, 0.3) is 16.3 Å². The van der Waals surface area contributed by atoms with Crippen LogP contribution in [-0.2, 0) is 14.3 Å². The van der Waals surface area contributed by atoms with E-state index in [1.165, 1.54) is 4.90 Å². The Kier molecular flexibility index (Phi) is 5.38. The number of hydrogen-bond donors (Lipinski definition) is 0. The summed E-state index contributed by atoms with van der Waals surface area (Å²) >= 11 is 0. The molecule has 2 aliphatic rings. The minimum absolute atomic E-state index is 0.0483. The summed E-state index contributed by atoms with van der Waals surface area (Å²) in [6.07, 6.45) is -0.0965. The number of benzene rings is 3. The third-order valence-electron chi connectivity index (χ3n) is 6.18. The molecule has 0 N–H and O–H groups in total. The molecule has 0 bridgehead atoms. The fourth-order valence-electron chi connectivity index (χ4n) is 4.81. The normalized spacial score (nSPS) is 21.3. The smallest absolute Gasteiger partial charge is 0.282 e. The van der Waals surface area contributed by atoms with Crippen LogP contribution in [0.5, 0.6) is 5.75 Å². The summed E-state index contributed by atoms with van der Waals surface area (Å²) in [4.78, 5) is 31.1. The molecule has 5 rings (SSSR count). The average Bonchev–Trinajstić information content (AvgIpc) is 3.08. The van der Waals surface area contributed by atoms with E-state index in [-0.39, 0.29) is 24.0 Å². The van der Waals surface area contributed by atoms with Gasteiger partial charge in [-0.15, -0.1) is 0 Å². The van der Waals surface area contributed by atoms with Crippen molar-refractivity contribution in [3.63, 3.8) is 0 Å². The molecule has 0 spiro atoms. The molecule has 2 heterocycles. The molecule has 6 heteroatoms. The Bertz CT molecular complexity index is 1250. The lowest BCUT2D eigenvalue weighted by Gasteiger charge is -2.37. The van der Waals surface area contributed by atoms with E-state index >= 15 is 0 Å². The zero-order chi connectivity index (χ0) is 23.1. The molecule has 0 aliphatic carbocycles. The highest BCUT2D eigenvalue weighted by Crippen LogP contribution is 2.38. The van der Waals surface area contributed by atoms with Crippen molar-refractivity contribution in [2.75, 3.05) is 25.1 Å². The standard InChI is InChI=1S/C27H26N2O4/c1-17-15-28(16-18(2)33-17)25-24(20-11-13-21(32-3)14-12-20)26(30)29(27(25)31)23-10-6-8-19-7-4-5-9-22(19)23/h4-14,17-18H,15-16H2,1-3H3. The van der Waals surface area contributed by atoms with Gasteiger partial charge in [0.1, 0.15) is 11.4 Å². The van der Waals surface area contributed by atoms with E-state index in [0.717, 1.165) is 10.8 Å². The van der Waals surface area contributed by atoms with Crippen molar-refractivity contribution in [3.05, 3.63) is 78.0 Å². The van der Waals surface area contributed by atoms with Gasteiger partial charge in [0.05, 0.1) is 30.6 Å². The Hall–Kier alpha value is -3.64. The average molecular weight is 443 g/mol. The van der Waals surface area contributed by atoms with Crippen molar-refractivity contribution in [1.29, 1.82) is 0 Å². The molecule has 2 aliphatic heterocycles. The first-order valence-corrected chi connectivity index (χ1v) is 11.1. The van der Waals surface area contributed by atoms with Crippen LogP contribution in [0.15, 0.2) is 72.4 Å². The molecule has 6 nitrogen and oxygen atoms in total. The number of amides is 2. The highest BCUT2D eigenvalue weighted by molar-refractivity contribution is 6.46. The molecule has 2 amide bonds. The van der Waals surface area contributed by atoms with Crippen molar-refractivity contribution in [3.8, 4) is 5.75 Å². The van der Waals surface area contributed by atoms with Crippen molar-refractivity contribution < 1.29 is 19.1 Å². The Morgan fingerprint density at radius 3 is 2.21 bits per heavy atom. The first-order valence-electron chi connectivity index (χ1n) is 11.1. The van der Waals surface area contributed by atoms with Gasteiger partial charge in [-0.1, -0.05) is 48.5 Å². The van der Waals surface area contributed by atoms with Crippen molar-refractivity contribution in [2.45, 2.75) is 26.1 Å². The lowest BCUT2D eigenvalue weighted by molar-refractivity contribution is -0.121. The van der Waals surface area contributed by atoms with Crippen molar-refractivity contribution in [2.24, 2.45) is 0 Å². The molecule has 168 valence electrons. The van der Waals surface area contributed by atoms with Crippen molar-refractivity contribution >= 4 is 33.8 Å². The predicted molar refractivity (Wildman–Crippen MR) is 128 cm³/mol. The first-order chi connectivity index (χ1) is 16.0. The van der Waals surface area contributed by atoms with Crippen LogP contribution >= 0.6 is 0 Å². The van der Waals surface area contributed by atoms with Gasteiger partial charge in [0.25, 0.3) is 11.8 Å². The third-order valence-corrected chi connectivity index (χ3v) is 6.18. The number of carbonyl (C=O) groups is 2. The topological polar surface area (TPSA) is 59.1 Å². The van der Waals surface area contributed by atoms with Crippen LogP contribution in [0.3, 0.4) is 0 Å². The van der Waals surface area contributed by atoms with Gasteiger partial charge in [-0.2, -0.15) is 0 Å². The zero-order valence-corrected chi connectivity index (χ0v) is 18.9. The van der Waals surface area contributed by atoms with Gasteiger partial charge in [0.15, 0.2) is 0 Å². The van der Waals surface area contributed by atoms with Crippen LogP contribution in [-0.4, -0.2) is 49.1 Å². The molecular formula is C27H26N2O4. The van der Waals surface area contributed by atoms with E-state index in [2.05, 4.69) is 0 Å².